The molecule has 0 spiro atoms. The van der Waals surface area contributed by atoms with Crippen molar-refractivity contribution in [2.24, 2.45) is 0 Å². The van der Waals surface area contributed by atoms with Crippen LogP contribution >= 0.6 is 0 Å². The van der Waals surface area contributed by atoms with Crippen LogP contribution in [0.15, 0.2) is 206 Å². The third-order valence-corrected chi connectivity index (χ3v) is 15.6. The van der Waals surface area contributed by atoms with Crippen LogP contribution in [0.2, 0.25) is 0 Å². The number of aromatic nitrogens is 4. The number of para-hydroxylation sites is 7. The Bertz CT molecular complexity index is 4600. The van der Waals surface area contributed by atoms with E-state index in [9.17, 15) is 11.8 Å². The van der Waals surface area contributed by atoms with Crippen molar-refractivity contribution in [3.05, 3.63) is 234 Å². The normalized spacial score (nSPS) is 13.0. The highest BCUT2D eigenvalue weighted by molar-refractivity contribution is 6.20. The van der Waals surface area contributed by atoms with Gasteiger partial charge in [0.05, 0.1) is 85.1 Å². The van der Waals surface area contributed by atoms with Gasteiger partial charge in [-0.2, -0.15) is 5.26 Å². The molecule has 1 aliphatic rings. The smallest absolute Gasteiger partial charge is 0.232 e. The first kappa shape index (κ1) is 39.4. The Kier molecular flexibility index (Phi) is 7.88. The minimum Gasteiger partial charge on any atom is -0.317 e. The fourth-order valence-corrected chi connectivity index (χ4v) is 12.7. The van der Waals surface area contributed by atoms with Crippen molar-refractivity contribution in [1.29, 1.82) is 5.26 Å². The van der Waals surface area contributed by atoms with Crippen LogP contribution in [0.1, 0.15) is 30.5 Å². The van der Waals surface area contributed by atoms with Gasteiger partial charge in [0, 0.05) is 48.5 Å². The quantitative estimate of drug-likeness (QED) is 0.162. The van der Waals surface area contributed by atoms with Crippen LogP contribution in [-0.2, 0) is 5.41 Å². The topological polar surface area (TPSA) is 47.9 Å². The maximum atomic E-state index is 12.3. The summed E-state index contributed by atoms with van der Waals surface area (Å²) in [6.07, 6.45) is 0. The molecular formula is C65H40N6. The predicted molar refractivity (Wildman–Crippen MR) is 292 cm³/mol. The molecular weight excluding hydrogens is 865 g/mol. The number of fused-ring (bicyclic) bond motifs is 16. The lowest BCUT2D eigenvalue weighted by atomic mass is 9.82. The summed E-state index contributed by atoms with van der Waals surface area (Å²) in [5.74, 6) is 0. The maximum Gasteiger partial charge on any atom is 0.232 e. The highest BCUT2D eigenvalue weighted by Crippen LogP contribution is 2.56. The molecule has 0 radical (unpaired) electrons. The molecule has 0 unspecified atom stereocenters. The van der Waals surface area contributed by atoms with Crippen molar-refractivity contribution >= 4 is 92.9 Å². The summed E-state index contributed by atoms with van der Waals surface area (Å²) in [5.41, 5.74) is 15.9. The number of benzene rings is 10. The molecule has 0 fully saturated rings. The Morgan fingerprint density at radius 3 is 1.17 bits per heavy atom. The van der Waals surface area contributed by atoms with E-state index in [0.29, 0.717) is 16.9 Å². The average molecular weight is 905 g/mol. The molecule has 0 amide bonds. The summed E-state index contributed by atoms with van der Waals surface area (Å²) in [4.78, 5) is 4.60. The van der Waals surface area contributed by atoms with Crippen molar-refractivity contribution in [2.45, 2.75) is 19.3 Å². The molecule has 4 aromatic heterocycles. The third kappa shape index (κ3) is 4.98. The van der Waals surface area contributed by atoms with Gasteiger partial charge >= 0.3 is 0 Å². The zero-order valence-corrected chi connectivity index (χ0v) is 38.8. The molecule has 6 nitrogen and oxygen atoms in total. The highest BCUT2D eigenvalue weighted by atomic mass is 15.2. The van der Waals surface area contributed by atoms with Crippen LogP contribution in [-0.4, -0.2) is 18.3 Å². The summed E-state index contributed by atoms with van der Waals surface area (Å²) >= 11 is 0. The Hall–Kier alpha value is -9.62. The summed E-state index contributed by atoms with van der Waals surface area (Å²) in [6, 6.07) is 76.1. The van der Waals surface area contributed by atoms with Crippen LogP contribution in [0.5, 0.6) is 0 Å². The number of rotatable bonds is 4. The molecule has 0 atom stereocenters. The highest BCUT2D eigenvalue weighted by Gasteiger charge is 2.39. The first-order valence-electron chi connectivity index (χ1n) is 24.1. The fourth-order valence-electron chi connectivity index (χ4n) is 12.7. The predicted octanol–water partition coefficient (Wildman–Crippen LogP) is 16.8. The van der Waals surface area contributed by atoms with Gasteiger partial charge in [-0.3, -0.25) is 0 Å². The standard InChI is InChI=1S/C65H40N6/c1-65(2)48-28-12-4-26-45(48)58-49(65)36-37-57-59(58)46-27-11-19-35-56(46)71(57)61-47(38-66)60(67-3)62(68-50-29-13-5-20-39(50)40-21-6-14-30-51(40)68)64(70-54-33-17-9-24-43(54)44-25-10-18-34-55(44)70)63(61)69-52-31-15-7-22-41(52)42-23-8-16-32-53(42)69/h4-37H,1-2H3. The van der Waals surface area contributed by atoms with E-state index in [-0.39, 0.29) is 11.1 Å². The number of hydrogen-bond donors (Lipinski definition) is 0. The molecule has 15 rings (SSSR count). The van der Waals surface area contributed by atoms with Crippen molar-refractivity contribution in [3.8, 4) is 39.9 Å². The molecule has 330 valence electrons. The second kappa shape index (κ2) is 14.2. The third-order valence-electron chi connectivity index (χ3n) is 15.6. The summed E-state index contributed by atoms with van der Waals surface area (Å²) < 4.78 is 9.35. The SMILES string of the molecule is [C-]#[N+]c1c(C#N)c(-n2c3ccccc3c3c4c(ccc32)C(C)(C)c2ccccc2-4)c(-n2c3ccccc3c3ccccc32)c(-n2c3ccccc3c3ccccc32)c1-n1c2ccccc2c2ccccc21. The van der Waals surface area contributed by atoms with Crippen molar-refractivity contribution < 1.29 is 0 Å². The van der Waals surface area contributed by atoms with E-state index in [1.807, 2.05) is 0 Å². The average Bonchev–Trinajstić information content (AvgIpc) is 4.20. The van der Waals surface area contributed by atoms with Gasteiger partial charge in [-0.1, -0.05) is 172 Å². The maximum absolute atomic E-state index is 12.3. The van der Waals surface area contributed by atoms with E-state index in [1.54, 1.807) is 0 Å². The second-order valence-corrected chi connectivity index (χ2v) is 19.4. The van der Waals surface area contributed by atoms with Gasteiger partial charge < -0.3 is 18.3 Å². The second-order valence-electron chi connectivity index (χ2n) is 19.4. The van der Waals surface area contributed by atoms with E-state index < -0.39 is 0 Å². The number of nitriles is 1. The lowest BCUT2D eigenvalue weighted by molar-refractivity contribution is 0.661. The monoisotopic (exact) mass is 904 g/mol. The van der Waals surface area contributed by atoms with Gasteiger partial charge in [0.25, 0.3) is 0 Å². The molecule has 71 heavy (non-hydrogen) atoms. The van der Waals surface area contributed by atoms with Crippen molar-refractivity contribution in [2.75, 3.05) is 0 Å². The van der Waals surface area contributed by atoms with E-state index in [4.69, 9.17) is 0 Å². The Labute approximate surface area is 408 Å². The first-order chi connectivity index (χ1) is 35.0. The van der Waals surface area contributed by atoms with E-state index in [2.05, 4.69) is 249 Å². The molecule has 1 aliphatic carbocycles. The fraction of sp³-hybridized carbons (Fsp3) is 0.0462. The molecule has 0 saturated carbocycles. The molecule has 6 heteroatoms. The lowest BCUT2D eigenvalue weighted by Crippen LogP contribution is -2.15. The summed E-state index contributed by atoms with van der Waals surface area (Å²) in [7, 11) is 0. The van der Waals surface area contributed by atoms with Gasteiger partial charge in [-0.25, -0.2) is 4.85 Å². The lowest BCUT2D eigenvalue weighted by Gasteiger charge is -2.28. The molecule has 10 aromatic carbocycles. The minimum absolute atomic E-state index is 0.236. The Balaban J connectivity index is 1.28. The molecule has 0 bridgehead atoms. The van der Waals surface area contributed by atoms with Gasteiger partial charge in [0.1, 0.15) is 0 Å². The molecule has 14 aromatic rings. The molecule has 4 heterocycles. The summed E-state index contributed by atoms with van der Waals surface area (Å²) in [6.45, 7) is 14.2. The number of hydrogen-bond acceptors (Lipinski definition) is 1. The van der Waals surface area contributed by atoms with Crippen molar-refractivity contribution in [1.82, 2.24) is 18.3 Å². The Morgan fingerprint density at radius 1 is 0.380 bits per heavy atom. The van der Waals surface area contributed by atoms with Gasteiger partial charge in [0.2, 0.25) is 5.69 Å². The zero-order chi connectivity index (χ0) is 47.3. The van der Waals surface area contributed by atoms with Gasteiger partial charge in [0.15, 0.2) is 0 Å². The zero-order valence-electron chi connectivity index (χ0n) is 38.8. The first-order valence-corrected chi connectivity index (χ1v) is 24.1. The summed E-state index contributed by atoms with van der Waals surface area (Å²) in [5, 5.41) is 21.0. The van der Waals surface area contributed by atoms with Crippen LogP contribution in [0.3, 0.4) is 0 Å². The number of nitrogens with zero attached hydrogens (tertiary/aromatic N) is 6. The van der Waals surface area contributed by atoms with Crippen LogP contribution < -0.4 is 0 Å². The minimum atomic E-state index is -0.236. The van der Waals surface area contributed by atoms with Crippen LogP contribution in [0, 0.1) is 17.9 Å². The van der Waals surface area contributed by atoms with E-state index in [1.165, 1.54) is 22.3 Å². The van der Waals surface area contributed by atoms with Crippen molar-refractivity contribution in [3.63, 3.8) is 0 Å². The van der Waals surface area contributed by atoms with E-state index in [0.717, 1.165) is 98.6 Å². The Morgan fingerprint density at radius 2 is 0.732 bits per heavy atom. The van der Waals surface area contributed by atoms with Gasteiger partial charge in [-0.15, -0.1) is 0 Å². The van der Waals surface area contributed by atoms with Crippen LogP contribution in [0.25, 0.3) is 126 Å². The molecule has 0 aliphatic heterocycles. The van der Waals surface area contributed by atoms with Gasteiger partial charge in [-0.05, 0) is 70.8 Å². The molecule has 0 N–H and O–H groups in total. The van der Waals surface area contributed by atoms with E-state index >= 15 is 0 Å². The largest absolute Gasteiger partial charge is 0.317 e. The molecule has 0 saturated heterocycles. The van der Waals surface area contributed by atoms with Crippen LogP contribution in [0.4, 0.5) is 5.69 Å².